The van der Waals surface area contributed by atoms with E-state index in [1.807, 2.05) is 6.07 Å². The van der Waals surface area contributed by atoms with Crippen molar-refractivity contribution in [1.82, 2.24) is 20.6 Å². The number of nitrogens with zero attached hydrogens (tertiary/aromatic N) is 4. The maximum absolute atomic E-state index is 11.6. The summed E-state index contributed by atoms with van der Waals surface area (Å²) in [5, 5.41) is 26.0. The summed E-state index contributed by atoms with van der Waals surface area (Å²) in [5.41, 5.74) is 0.502. The molecule has 120 valence electrons. The average Bonchev–Trinajstić information content (AvgIpc) is 3.08. The van der Waals surface area contributed by atoms with E-state index in [-0.39, 0.29) is 16.3 Å². The summed E-state index contributed by atoms with van der Waals surface area (Å²) < 4.78 is 32.6. The Balaban J connectivity index is 2.12. The van der Waals surface area contributed by atoms with Crippen molar-refractivity contribution in [2.45, 2.75) is 4.90 Å². The molecule has 0 aliphatic rings. The summed E-state index contributed by atoms with van der Waals surface area (Å²) in [4.78, 5) is -0.227. The van der Waals surface area contributed by atoms with Crippen molar-refractivity contribution in [3.63, 3.8) is 0 Å². The van der Waals surface area contributed by atoms with Crippen LogP contribution in [0.5, 0.6) is 0 Å². The molecule has 0 radical (unpaired) electrons. The zero-order chi connectivity index (χ0) is 17.2. The lowest BCUT2D eigenvalue weighted by molar-refractivity contribution is 0.484. The van der Waals surface area contributed by atoms with Gasteiger partial charge in [0.05, 0.1) is 0 Å². The highest BCUT2D eigenvalue weighted by Gasteiger charge is 2.16. The number of nitriles is 1. The summed E-state index contributed by atoms with van der Waals surface area (Å²) in [6.07, 6.45) is 1.33. The van der Waals surface area contributed by atoms with E-state index in [4.69, 9.17) is 5.26 Å². The molecule has 0 aliphatic heterocycles. The van der Waals surface area contributed by atoms with Crippen molar-refractivity contribution in [3.05, 3.63) is 48.4 Å². The number of allylic oxidation sites excluding steroid dienone is 1. The van der Waals surface area contributed by atoms with E-state index in [0.717, 1.165) is 0 Å². The van der Waals surface area contributed by atoms with Crippen LogP contribution in [0.4, 0.5) is 5.69 Å². The van der Waals surface area contributed by atoms with E-state index in [1.165, 1.54) is 18.3 Å². The maximum atomic E-state index is 11.6. The van der Waals surface area contributed by atoms with Crippen LogP contribution in [-0.2, 0) is 10.1 Å². The standard InChI is InChI=1S/C14H10N6O3S/c15-7-10(14-17-19-20-18-14)8-16-11-5-1-3-9-4-2-6-12(13(9)11)24(21,22)23/h1-6,8,16H,(H,21,22,23)(H,17,18,19,20). The largest absolute Gasteiger partial charge is 0.360 e. The van der Waals surface area contributed by atoms with Gasteiger partial charge >= 0.3 is 0 Å². The Morgan fingerprint density at radius 1 is 1.29 bits per heavy atom. The number of tetrazole rings is 1. The number of hydrogen-bond acceptors (Lipinski definition) is 7. The van der Waals surface area contributed by atoms with Crippen molar-refractivity contribution in [3.8, 4) is 6.07 Å². The predicted molar refractivity (Wildman–Crippen MR) is 85.2 cm³/mol. The number of aromatic nitrogens is 4. The second-order valence-electron chi connectivity index (χ2n) is 4.68. The lowest BCUT2D eigenvalue weighted by Crippen LogP contribution is -2.01. The minimum Gasteiger partial charge on any atom is -0.360 e. The van der Waals surface area contributed by atoms with Gasteiger partial charge in [-0.2, -0.15) is 18.9 Å². The van der Waals surface area contributed by atoms with Crippen LogP contribution in [0.3, 0.4) is 0 Å². The van der Waals surface area contributed by atoms with Gasteiger partial charge in [-0.3, -0.25) is 4.55 Å². The molecular weight excluding hydrogens is 332 g/mol. The van der Waals surface area contributed by atoms with Gasteiger partial charge in [0.1, 0.15) is 16.5 Å². The molecule has 0 atom stereocenters. The number of fused-ring (bicyclic) bond motifs is 1. The number of rotatable bonds is 4. The molecular formula is C14H10N6O3S. The average molecular weight is 342 g/mol. The Morgan fingerprint density at radius 3 is 2.67 bits per heavy atom. The molecule has 0 aliphatic carbocycles. The first-order valence-electron chi connectivity index (χ1n) is 6.60. The van der Waals surface area contributed by atoms with Gasteiger partial charge < -0.3 is 5.32 Å². The highest BCUT2D eigenvalue weighted by Crippen LogP contribution is 2.30. The van der Waals surface area contributed by atoms with Crippen LogP contribution in [0.1, 0.15) is 5.82 Å². The van der Waals surface area contributed by atoms with E-state index in [0.29, 0.717) is 16.5 Å². The topological polar surface area (TPSA) is 145 Å². The van der Waals surface area contributed by atoms with Crippen molar-refractivity contribution < 1.29 is 13.0 Å². The fourth-order valence-electron chi connectivity index (χ4n) is 2.21. The van der Waals surface area contributed by atoms with Crippen molar-refractivity contribution in [1.29, 1.82) is 5.26 Å². The van der Waals surface area contributed by atoms with E-state index in [2.05, 4.69) is 25.9 Å². The molecule has 2 aromatic carbocycles. The summed E-state index contributed by atoms with van der Waals surface area (Å²) in [6.45, 7) is 0. The Labute approximate surface area is 136 Å². The van der Waals surface area contributed by atoms with Crippen LogP contribution in [0.25, 0.3) is 16.3 Å². The van der Waals surface area contributed by atoms with Crippen LogP contribution in [0.2, 0.25) is 0 Å². The van der Waals surface area contributed by atoms with Gasteiger partial charge in [-0.15, -0.1) is 10.2 Å². The first-order valence-corrected chi connectivity index (χ1v) is 8.04. The summed E-state index contributed by atoms with van der Waals surface area (Å²) >= 11 is 0. The quantitative estimate of drug-likeness (QED) is 0.478. The number of aromatic amines is 1. The molecule has 0 spiro atoms. The second-order valence-corrected chi connectivity index (χ2v) is 6.07. The third-order valence-corrected chi connectivity index (χ3v) is 4.12. The van der Waals surface area contributed by atoms with Crippen LogP contribution in [0.15, 0.2) is 47.5 Å². The van der Waals surface area contributed by atoms with Crippen molar-refractivity contribution in [2.24, 2.45) is 0 Å². The fraction of sp³-hybridized carbons (Fsp3) is 0. The molecule has 24 heavy (non-hydrogen) atoms. The Hall–Kier alpha value is -3.29. The molecule has 3 rings (SSSR count). The lowest BCUT2D eigenvalue weighted by atomic mass is 10.1. The van der Waals surface area contributed by atoms with Crippen LogP contribution >= 0.6 is 0 Å². The zero-order valence-corrected chi connectivity index (χ0v) is 12.8. The highest BCUT2D eigenvalue weighted by molar-refractivity contribution is 7.86. The van der Waals surface area contributed by atoms with E-state index < -0.39 is 10.1 Å². The first kappa shape index (κ1) is 15.6. The van der Waals surface area contributed by atoms with Gasteiger partial charge in [-0.1, -0.05) is 24.3 Å². The normalized spacial score (nSPS) is 12.1. The molecule has 10 heteroatoms. The van der Waals surface area contributed by atoms with Crippen LogP contribution in [0, 0.1) is 11.3 Å². The van der Waals surface area contributed by atoms with Crippen molar-refractivity contribution in [2.75, 3.05) is 5.32 Å². The van der Waals surface area contributed by atoms with Crippen molar-refractivity contribution >= 4 is 32.2 Å². The third kappa shape index (κ3) is 2.94. The van der Waals surface area contributed by atoms with Gasteiger partial charge in [-0.05, 0) is 22.7 Å². The number of hydrogen-bond donors (Lipinski definition) is 3. The van der Waals surface area contributed by atoms with Crippen LogP contribution < -0.4 is 5.32 Å². The molecule has 1 aromatic heterocycles. The molecule has 3 aromatic rings. The van der Waals surface area contributed by atoms with Gasteiger partial charge in [0.25, 0.3) is 10.1 Å². The van der Waals surface area contributed by atoms with Gasteiger partial charge in [-0.25, -0.2) is 0 Å². The summed E-state index contributed by atoms with van der Waals surface area (Å²) in [7, 11) is -4.40. The second kappa shape index (κ2) is 6.07. The fourth-order valence-corrected chi connectivity index (χ4v) is 2.95. The molecule has 9 nitrogen and oxygen atoms in total. The molecule has 0 saturated carbocycles. The van der Waals surface area contributed by atoms with Crippen LogP contribution in [-0.4, -0.2) is 33.6 Å². The molecule has 0 saturated heterocycles. The zero-order valence-electron chi connectivity index (χ0n) is 12.0. The minimum absolute atomic E-state index is 0.0974. The monoisotopic (exact) mass is 342 g/mol. The molecule has 1 heterocycles. The number of H-pyrrole nitrogens is 1. The Bertz CT molecular complexity index is 1060. The third-order valence-electron chi connectivity index (χ3n) is 3.22. The number of nitrogens with one attached hydrogen (secondary N) is 2. The van der Waals surface area contributed by atoms with E-state index >= 15 is 0 Å². The van der Waals surface area contributed by atoms with Gasteiger partial charge in [0.2, 0.25) is 5.82 Å². The molecule has 0 fully saturated rings. The maximum Gasteiger partial charge on any atom is 0.295 e. The Morgan fingerprint density at radius 2 is 2.04 bits per heavy atom. The molecule has 0 amide bonds. The summed E-state index contributed by atoms with van der Waals surface area (Å²) in [5.74, 6) is 0.0974. The Kier molecular flexibility index (Phi) is 3.95. The first-order chi connectivity index (χ1) is 11.5. The number of anilines is 1. The summed E-state index contributed by atoms with van der Waals surface area (Å²) in [6, 6.07) is 11.5. The molecule has 0 bridgehead atoms. The molecule has 0 unspecified atom stereocenters. The number of benzene rings is 2. The smallest absolute Gasteiger partial charge is 0.295 e. The van der Waals surface area contributed by atoms with Gasteiger partial charge in [0, 0.05) is 17.3 Å². The van der Waals surface area contributed by atoms with E-state index in [1.54, 1.807) is 24.3 Å². The van der Waals surface area contributed by atoms with E-state index in [9.17, 15) is 13.0 Å². The lowest BCUT2D eigenvalue weighted by Gasteiger charge is -2.10. The highest BCUT2D eigenvalue weighted by atomic mass is 32.2. The SMILES string of the molecule is N#CC(=CNc1cccc2cccc(S(=O)(=O)O)c12)c1nn[nH]n1. The molecule has 3 N–H and O–H groups in total. The minimum atomic E-state index is -4.40. The predicted octanol–water partition coefficient (Wildman–Crippen LogP) is 1.58. The van der Waals surface area contributed by atoms with Gasteiger partial charge in [0.15, 0.2) is 0 Å².